The number of benzene rings is 3. The summed E-state index contributed by atoms with van der Waals surface area (Å²) in [6, 6.07) is 25.1. The number of hydrogen-bond acceptors (Lipinski definition) is 5. The fourth-order valence-corrected chi connectivity index (χ4v) is 4.38. The smallest absolute Gasteiger partial charge is 0.338 e. The molecule has 0 atom stereocenters. The zero-order valence-corrected chi connectivity index (χ0v) is 19.6. The van der Waals surface area contributed by atoms with E-state index in [2.05, 4.69) is 4.98 Å². The van der Waals surface area contributed by atoms with Gasteiger partial charge in [-0.3, -0.25) is 4.79 Å². The summed E-state index contributed by atoms with van der Waals surface area (Å²) in [4.78, 5) is 31.6. The molecule has 1 aliphatic heterocycles. The van der Waals surface area contributed by atoms with E-state index in [0.29, 0.717) is 38.2 Å². The second-order valence-electron chi connectivity index (χ2n) is 8.43. The highest BCUT2D eigenvalue weighted by Gasteiger charge is 2.26. The Morgan fingerprint density at radius 2 is 1.80 bits per heavy atom. The molecule has 0 fully saturated rings. The van der Waals surface area contributed by atoms with Crippen LogP contribution in [0.25, 0.3) is 10.9 Å². The lowest BCUT2D eigenvalue weighted by atomic mass is 9.99. The summed E-state index contributed by atoms with van der Waals surface area (Å²) in [6.45, 7) is 2.75. The van der Waals surface area contributed by atoms with Crippen LogP contribution in [-0.2, 0) is 29.1 Å². The minimum atomic E-state index is -0.376. The van der Waals surface area contributed by atoms with Crippen LogP contribution in [0.5, 0.6) is 5.75 Å². The third-order valence-corrected chi connectivity index (χ3v) is 6.13. The number of nitrogens with zero attached hydrogens (tertiary/aromatic N) is 2. The molecule has 1 aliphatic rings. The molecule has 4 aromatic rings. The molecule has 6 nitrogen and oxygen atoms in total. The fourth-order valence-electron chi connectivity index (χ4n) is 4.38. The fraction of sp³-hybridized carbons (Fsp3) is 0.207. The van der Waals surface area contributed by atoms with Gasteiger partial charge in [0.2, 0.25) is 5.91 Å². The topological polar surface area (TPSA) is 68.7 Å². The minimum Gasteiger partial charge on any atom is -0.487 e. The molecule has 0 saturated heterocycles. The number of pyridine rings is 1. The van der Waals surface area contributed by atoms with Crippen LogP contribution in [0, 0.1) is 0 Å². The van der Waals surface area contributed by atoms with Gasteiger partial charge in [0.25, 0.3) is 0 Å². The van der Waals surface area contributed by atoms with Gasteiger partial charge in [-0.2, -0.15) is 0 Å². The van der Waals surface area contributed by atoms with Gasteiger partial charge in [-0.05, 0) is 60.9 Å². The maximum atomic E-state index is 12.8. The van der Waals surface area contributed by atoms with Crippen LogP contribution in [0.1, 0.15) is 40.5 Å². The largest absolute Gasteiger partial charge is 0.487 e. The van der Waals surface area contributed by atoms with Crippen LogP contribution in [-0.4, -0.2) is 23.5 Å². The first-order chi connectivity index (χ1) is 17.1. The minimum absolute atomic E-state index is 0.0326. The Balaban J connectivity index is 1.34. The van der Waals surface area contributed by atoms with Crippen LogP contribution in [0.3, 0.4) is 0 Å². The van der Waals surface area contributed by atoms with Crippen LogP contribution >= 0.6 is 0 Å². The number of ether oxygens (including phenoxy) is 2. The number of para-hydroxylation sites is 1. The van der Waals surface area contributed by atoms with Gasteiger partial charge in [0, 0.05) is 17.5 Å². The maximum absolute atomic E-state index is 12.8. The Labute approximate surface area is 204 Å². The Kier molecular flexibility index (Phi) is 6.44. The zero-order valence-electron chi connectivity index (χ0n) is 19.6. The first-order valence-corrected chi connectivity index (χ1v) is 11.8. The average molecular weight is 467 g/mol. The molecule has 0 bridgehead atoms. The molecule has 3 aromatic carbocycles. The summed E-state index contributed by atoms with van der Waals surface area (Å²) >= 11 is 0. The number of anilines is 1. The summed E-state index contributed by atoms with van der Waals surface area (Å²) in [5.74, 6) is 0.393. The molecule has 1 amide bonds. The first kappa shape index (κ1) is 22.6. The molecule has 35 heavy (non-hydrogen) atoms. The summed E-state index contributed by atoms with van der Waals surface area (Å²) in [5, 5.41) is 1.10. The molecule has 0 N–H and O–H groups in total. The van der Waals surface area contributed by atoms with E-state index < -0.39 is 0 Å². The van der Waals surface area contributed by atoms with E-state index in [4.69, 9.17) is 9.47 Å². The summed E-state index contributed by atoms with van der Waals surface area (Å²) in [6.07, 6.45) is 1.06. The van der Waals surface area contributed by atoms with Crippen molar-refractivity contribution in [1.82, 2.24) is 4.98 Å². The Morgan fingerprint density at radius 3 is 2.69 bits per heavy atom. The van der Waals surface area contributed by atoms with Crippen LogP contribution in [0.15, 0.2) is 78.9 Å². The van der Waals surface area contributed by atoms with E-state index in [1.165, 1.54) is 0 Å². The number of rotatable bonds is 7. The van der Waals surface area contributed by atoms with E-state index in [9.17, 15) is 9.59 Å². The summed E-state index contributed by atoms with van der Waals surface area (Å²) < 4.78 is 11.2. The van der Waals surface area contributed by atoms with Crippen LogP contribution in [0.2, 0.25) is 0 Å². The number of amides is 1. The number of carbonyl (C=O) groups excluding carboxylic acids is 2. The number of esters is 1. The number of fused-ring (bicyclic) bond motifs is 2. The van der Waals surface area contributed by atoms with E-state index in [-0.39, 0.29) is 11.9 Å². The lowest BCUT2D eigenvalue weighted by Gasteiger charge is -2.30. The zero-order chi connectivity index (χ0) is 24.2. The van der Waals surface area contributed by atoms with E-state index >= 15 is 0 Å². The molecular weight excluding hydrogens is 440 g/mol. The highest BCUT2D eigenvalue weighted by Crippen LogP contribution is 2.33. The molecule has 6 heteroatoms. The third kappa shape index (κ3) is 4.87. The quantitative estimate of drug-likeness (QED) is 0.338. The van der Waals surface area contributed by atoms with Gasteiger partial charge in [-0.1, -0.05) is 42.5 Å². The van der Waals surface area contributed by atoms with Crippen molar-refractivity contribution in [3.63, 3.8) is 0 Å². The van der Waals surface area contributed by atoms with Crippen molar-refractivity contribution in [2.75, 3.05) is 11.5 Å². The molecule has 2 heterocycles. The Hall–Kier alpha value is -4.19. The first-order valence-electron chi connectivity index (χ1n) is 11.8. The van der Waals surface area contributed by atoms with Gasteiger partial charge in [0.05, 0.1) is 29.9 Å². The lowest BCUT2D eigenvalue weighted by molar-refractivity contribution is -0.119. The van der Waals surface area contributed by atoms with Crippen molar-refractivity contribution in [2.24, 2.45) is 0 Å². The van der Waals surface area contributed by atoms with Gasteiger partial charge in [-0.25, -0.2) is 9.78 Å². The number of aromatic nitrogens is 1. The molecule has 5 rings (SSSR count). The highest BCUT2D eigenvalue weighted by atomic mass is 16.5. The highest BCUT2D eigenvalue weighted by molar-refractivity contribution is 5.97. The molecule has 0 aliphatic carbocycles. The predicted octanol–water partition coefficient (Wildman–Crippen LogP) is 5.47. The van der Waals surface area contributed by atoms with Gasteiger partial charge in [0.15, 0.2) is 0 Å². The Morgan fingerprint density at radius 1 is 0.971 bits per heavy atom. The van der Waals surface area contributed by atoms with Gasteiger partial charge in [-0.15, -0.1) is 0 Å². The monoisotopic (exact) mass is 466 g/mol. The number of carbonyl (C=O) groups is 2. The SMILES string of the molecule is CCOC(=O)c1ccccc1CN1C(=O)CCc2cc(OCc3ccc4ccccc4n3)ccc21. The van der Waals surface area contributed by atoms with E-state index in [0.717, 1.165) is 39.2 Å². The number of aryl methyl sites for hydroxylation is 1. The van der Waals surface area contributed by atoms with Gasteiger partial charge >= 0.3 is 5.97 Å². The van der Waals surface area contributed by atoms with Crippen molar-refractivity contribution in [3.8, 4) is 5.75 Å². The molecule has 0 unspecified atom stereocenters. The lowest BCUT2D eigenvalue weighted by Crippen LogP contribution is -2.35. The summed E-state index contributed by atoms with van der Waals surface area (Å²) in [7, 11) is 0. The molecule has 0 radical (unpaired) electrons. The van der Waals surface area contributed by atoms with Gasteiger partial charge in [0.1, 0.15) is 12.4 Å². The molecular formula is C29H26N2O4. The molecule has 0 saturated carbocycles. The third-order valence-electron chi connectivity index (χ3n) is 6.13. The van der Waals surface area contributed by atoms with E-state index in [1.54, 1.807) is 24.0 Å². The summed E-state index contributed by atoms with van der Waals surface area (Å²) in [5.41, 5.74) is 4.93. The second-order valence-corrected chi connectivity index (χ2v) is 8.43. The van der Waals surface area contributed by atoms with Crippen molar-refractivity contribution < 1.29 is 19.1 Å². The van der Waals surface area contributed by atoms with Crippen molar-refractivity contribution in [2.45, 2.75) is 32.9 Å². The molecule has 176 valence electrons. The average Bonchev–Trinajstić information content (AvgIpc) is 2.89. The normalized spacial score (nSPS) is 12.9. The predicted molar refractivity (Wildman–Crippen MR) is 134 cm³/mol. The Bertz CT molecular complexity index is 1400. The van der Waals surface area contributed by atoms with Crippen LogP contribution in [0.4, 0.5) is 5.69 Å². The standard InChI is InChI=1S/C29H26N2O4/c1-2-34-29(33)25-9-5-3-8-22(25)18-31-27-15-14-24(17-21(27)12-16-28(31)32)35-19-23-13-11-20-7-4-6-10-26(20)30-23/h3-11,13-15,17H,2,12,16,18-19H2,1H3. The molecule has 0 spiro atoms. The van der Waals surface area contributed by atoms with Crippen molar-refractivity contribution in [1.29, 1.82) is 0 Å². The molecule has 1 aromatic heterocycles. The van der Waals surface area contributed by atoms with E-state index in [1.807, 2.05) is 66.7 Å². The van der Waals surface area contributed by atoms with Crippen LogP contribution < -0.4 is 9.64 Å². The van der Waals surface area contributed by atoms with Gasteiger partial charge < -0.3 is 14.4 Å². The van der Waals surface area contributed by atoms with Crippen molar-refractivity contribution >= 4 is 28.5 Å². The van der Waals surface area contributed by atoms with Crippen molar-refractivity contribution in [3.05, 3.63) is 101 Å². The number of hydrogen-bond donors (Lipinski definition) is 0. The second kappa shape index (κ2) is 9.97. The maximum Gasteiger partial charge on any atom is 0.338 e.